The van der Waals surface area contributed by atoms with Gasteiger partial charge in [0.2, 0.25) is 0 Å². The lowest BCUT2D eigenvalue weighted by Gasteiger charge is -2.33. The maximum Gasteiger partial charge on any atom is 0.252 e. The van der Waals surface area contributed by atoms with Crippen LogP contribution >= 0.6 is 23.2 Å². The first-order valence-corrected chi connectivity index (χ1v) is 16.7. The van der Waals surface area contributed by atoms with Crippen molar-refractivity contribution in [3.05, 3.63) is 63.1 Å². The Morgan fingerprint density at radius 2 is 1.79 bits per heavy atom. The van der Waals surface area contributed by atoms with Crippen LogP contribution in [-0.2, 0) is 35.4 Å². The highest BCUT2D eigenvalue weighted by molar-refractivity contribution is 7.91. The number of amides is 1. The Morgan fingerprint density at radius 1 is 1.07 bits per heavy atom. The molecule has 3 atom stereocenters. The van der Waals surface area contributed by atoms with E-state index in [2.05, 4.69) is 10.2 Å². The summed E-state index contributed by atoms with van der Waals surface area (Å²) in [6, 6.07) is 10.7. The highest BCUT2D eigenvalue weighted by Crippen LogP contribution is 2.38. The van der Waals surface area contributed by atoms with E-state index in [-0.39, 0.29) is 56.0 Å². The highest BCUT2D eigenvalue weighted by Gasteiger charge is 2.30. The molecule has 3 rings (SSSR count). The number of carbonyl (C=O) groups is 2. The molecule has 0 fully saturated rings. The molecule has 1 aliphatic rings. The van der Waals surface area contributed by atoms with Crippen molar-refractivity contribution < 1.29 is 37.7 Å². The monoisotopic (exact) mass is 658 g/mol. The van der Waals surface area contributed by atoms with Crippen LogP contribution in [0.15, 0.2) is 41.3 Å². The molecule has 10 nitrogen and oxygen atoms in total. The predicted molar refractivity (Wildman–Crippen MR) is 164 cm³/mol. The van der Waals surface area contributed by atoms with Gasteiger partial charge in [-0.3, -0.25) is 9.59 Å². The minimum Gasteiger partial charge on any atom is -0.382 e. The Morgan fingerprint density at radius 3 is 2.51 bits per heavy atom. The van der Waals surface area contributed by atoms with Gasteiger partial charge in [-0.05, 0) is 60.8 Å². The van der Waals surface area contributed by atoms with E-state index in [9.17, 15) is 28.2 Å². The number of hydrogen-bond donors (Lipinski definition) is 3. The van der Waals surface area contributed by atoms with Crippen LogP contribution in [0, 0.1) is 0 Å². The lowest BCUT2D eigenvalue weighted by atomic mass is 9.85. The number of hydrogen-bond acceptors (Lipinski definition) is 9. The quantitative estimate of drug-likeness (QED) is 0.219. The SMILES string of the molecule is CCCC(=O)C(O)C(O)C(=O)NCCOCCOCCCS(=O)(=O)c1cccc(C2CN(C)Cc3c(Cl)cc(Cl)cc32)c1. The number of ether oxygens (including phenoxy) is 2. The van der Waals surface area contributed by atoms with E-state index in [1.165, 1.54) is 0 Å². The second kappa shape index (κ2) is 16.8. The van der Waals surface area contributed by atoms with Crippen molar-refractivity contribution in [1.82, 2.24) is 10.2 Å². The molecule has 0 spiro atoms. The molecule has 3 N–H and O–H groups in total. The number of ketones is 1. The summed E-state index contributed by atoms with van der Waals surface area (Å²) in [5.41, 5.74) is 2.89. The van der Waals surface area contributed by atoms with Crippen molar-refractivity contribution in [2.75, 3.05) is 52.3 Å². The second-order valence-corrected chi connectivity index (χ2v) is 13.5. The van der Waals surface area contributed by atoms with Crippen molar-refractivity contribution in [2.24, 2.45) is 0 Å². The van der Waals surface area contributed by atoms with Gasteiger partial charge in [0.1, 0.15) is 6.10 Å². The molecule has 0 bridgehead atoms. The minimum atomic E-state index is -3.54. The maximum absolute atomic E-state index is 13.1. The first-order chi connectivity index (χ1) is 20.4. The molecule has 0 aromatic heterocycles. The Kier molecular flexibility index (Phi) is 13.9. The number of fused-ring (bicyclic) bond motifs is 1. The van der Waals surface area contributed by atoms with Gasteiger partial charge in [-0.1, -0.05) is 42.3 Å². The fourth-order valence-electron chi connectivity index (χ4n) is 4.91. The van der Waals surface area contributed by atoms with Crippen molar-refractivity contribution in [1.29, 1.82) is 0 Å². The Balaban J connectivity index is 1.39. The zero-order valence-electron chi connectivity index (χ0n) is 24.4. The summed E-state index contributed by atoms with van der Waals surface area (Å²) in [7, 11) is -1.54. The topological polar surface area (TPSA) is 142 Å². The predicted octanol–water partition coefficient (Wildman–Crippen LogP) is 2.97. The van der Waals surface area contributed by atoms with E-state index in [1.54, 1.807) is 31.2 Å². The van der Waals surface area contributed by atoms with E-state index in [1.807, 2.05) is 19.2 Å². The van der Waals surface area contributed by atoms with E-state index >= 15 is 0 Å². The maximum atomic E-state index is 13.1. The summed E-state index contributed by atoms with van der Waals surface area (Å²) in [5, 5.41) is 23.0. The number of carbonyl (C=O) groups excluding carboxylic acids is 2. The number of nitrogens with zero attached hydrogens (tertiary/aromatic N) is 1. The standard InChI is InChI=1S/C30H40Cl2N2O8S/c1-3-6-27(35)28(36)29(37)30(38)33-9-11-42-13-12-41-10-5-14-43(39,40)22-8-4-7-20(15-22)24-18-34(2)19-25-23(24)16-21(31)17-26(25)32/h4,7-8,15-17,24,28-29,36-37H,3,5-6,9-14,18-19H2,1-2H3,(H,33,38). The van der Waals surface area contributed by atoms with Crippen LogP contribution in [0.1, 0.15) is 48.8 Å². The number of nitrogens with one attached hydrogen (secondary N) is 1. The zero-order valence-corrected chi connectivity index (χ0v) is 26.8. The number of sulfone groups is 1. The van der Waals surface area contributed by atoms with Crippen LogP contribution in [-0.4, -0.2) is 99.7 Å². The normalized spacial score (nSPS) is 16.8. The van der Waals surface area contributed by atoms with Gasteiger partial charge in [0.25, 0.3) is 5.91 Å². The zero-order chi connectivity index (χ0) is 31.6. The molecule has 3 unspecified atom stereocenters. The smallest absolute Gasteiger partial charge is 0.252 e. The third-order valence-electron chi connectivity index (χ3n) is 7.13. The molecule has 13 heteroatoms. The number of halogens is 2. The van der Waals surface area contributed by atoms with Gasteiger partial charge in [-0.2, -0.15) is 0 Å². The van der Waals surface area contributed by atoms with Crippen LogP contribution in [0.25, 0.3) is 0 Å². The molecular formula is C30H40Cl2N2O8S. The number of aliphatic hydroxyl groups is 2. The molecule has 0 saturated heterocycles. The third-order valence-corrected chi connectivity index (χ3v) is 9.48. The van der Waals surface area contributed by atoms with Gasteiger partial charge in [0.15, 0.2) is 21.7 Å². The molecule has 2 aromatic carbocycles. The Labute approximate surface area is 263 Å². The van der Waals surface area contributed by atoms with Crippen LogP contribution < -0.4 is 5.32 Å². The van der Waals surface area contributed by atoms with Crippen molar-refractivity contribution in [3.63, 3.8) is 0 Å². The molecule has 1 heterocycles. The van der Waals surface area contributed by atoms with Crippen LogP contribution in [0.4, 0.5) is 0 Å². The summed E-state index contributed by atoms with van der Waals surface area (Å²) in [6.07, 6.45) is -2.69. The van der Waals surface area contributed by atoms with Gasteiger partial charge < -0.3 is 29.9 Å². The molecule has 0 aliphatic carbocycles. The molecule has 2 aromatic rings. The lowest BCUT2D eigenvalue weighted by Crippen LogP contribution is -2.46. The second-order valence-electron chi connectivity index (χ2n) is 10.6. The van der Waals surface area contributed by atoms with Gasteiger partial charge >= 0.3 is 0 Å². The first kappa shape index (κ1) is 35.4. The van der Waals surface area contributed by atoms with Crippen molar-refractivity contribution >= 4 is 44.7 Å². The number of Topliss-reactive ketones (excluding diaryl/α,β-unsaturated/α-hetero) is 1. The molecular weight excluding hydrogens is 619 g/mol. The summed E-state index contributed by atoms with van der Waals surface area (Å²) < 4.78 is 37.0. The van der Waals surface area contributed by atoms with Gasteiger partial charge in [-0.15, -0.1) is 0 Å². The van der Waals surface area contributed by atoms with Gasteiger partial charge in [0.05, 0.1) is 30.5 Å². The summed E-state index contributed by atoms with van der Waals surface area (Å²) in [5.74, 6) is -1.58. The molecule has 43 heavy (non-hydrogen) atoms. The third kappa shape index (κ3) is 10.2. The van der Waals surface area contributed by atoms with Crippen molar-refractivity contribution in [3.8, 4) is 0 Å². The number of aliphatic hydroxyl groups excluding tert-OH is 2. The minimum absolute atomic E-state index is 0.0663. The molecule has 1 amide bonds. The summed E-state index contributed by atoms with van der Waals surface area (Å²) >= 11 is 12.8. The average molecular weight is 660 g/mol. The first-order valence-electron chi connectivity index (χ1n) is 14.3. The lowest BCUT2D eigenvalue weighted by molar-refractivity contribution is -0.145. The molecule has 0 saturated carbocycles. The van der Waals surface area contributed by atoms with E-state index < -0.39 is 33.7 Å². The van der Waals surface area contributed by atoms with E-state index in [4.69, 9.17) is 32.7 Å². The molecule has 238 valence electrons. The van der Waals surface area contributed by atoms with E-state index in [0.29, 0.717) is 36.0 Å². The summed E-state index contributed by atoms with van der Waals surface area (Å²) in [4.78, 5) is 25.9. The Bertz CT molecular complexity index is 1360. The number of benzene rings is 2. The van der Waals surface area contributed by atoms with Gasteiger partial charge in [-0.25, -0.2) is 8.42 Å². The number of rotatable bonds is 17. The van der Waals surface area contributed by atoms with Crippen molar-refractivity contribution in [2.45, 2.75) is 55.8 Å². The van der Waals surface area contributed by atoms with Gasteiger partial charge in [0, 0.05) is 48.6 Å². The average Bonchev–Trinajstić information content (AvgIpc) is 2.97. The molecule has 1 aliphatic heterocycles. The van der Waals surface area contributed by atoms with Crippen LogP contribution in [0.5, 0.6) is 0 Å². The highest BCUT2D eigenvalue weighted by atomic mass is 35.5. The number of likely N-dealkylation sites (N-methyl/N-ethyl adjacent to an activating group) is 1. The fourth-order valence-corrected chi connectivity index (χ4v) is 6.81. The molecule has 0 radical (unpaired) electrons. The van der Waals surface area contributed by atoms with E-state index in [0.717, 1.165) is 16.7 Å². The fraction of sp³-hybridized carbons (Fsp3) is 0.533. The summed E-state index contributed by atoms with van der Waals surface area (Å²) in [6.45, 7) is 4.04. The largest absolute Gasteiger partial charge is 0.382 e. The van der Waals surface area contributed by atoms with Crippen LogP contribution in [0.2, 0.25) is 10.0 Å². The Hall–Kier alpha value is -2.09. The van der Waals surface area contributed by atoms with Crippen LogP contribution in [0.3, 0.4) is 0 Å².